The summed E-state index contributed by atoms with van der Waals surface area (Å²) >= 11 is 0. The van der Waals surface area contributed by atoms with Gasteiger partial charge in [0.05, 0.1) is 5.56 Å². The van der Waals surface area contributed by atoms with Crippen LogP contribution in [-0.2, 0) is 6.18 Å². The number of benzene rings is 1. The summed E-state index contributed by atoms with van der Waals surface area (Å²) in [6, 6.07) is 1.17. The second-order valence-corrected chi connectivity index (χ2v) is 4.42. The number of halogens is 9. The van der Waals surface area contributed by atoms with Crippen molar-refractivity contribution < 1.29 is 44.3 Å². The third-order valence-corrected chi connectivity index (χ3v) is 2.95. The summed E-state index contributed by atoms with van der Waals surface area (Å²) in [6.07, 6.45) is -16.5. The number of rotatable bonds is 0. The van der Waals surface area contributed by atoms with Gasteiger partial charge in [0.2, 0.25) is 0 Å². The van der Waals surface area contributed by atoms with E-state index < -0.39 is 41.0 Å². The minimum absolute atomic E-state index is 0.315. The summed E-state index contributed by atoms with van der Waals surface area (Å²) in [5.74, 6) is -0.940. The van der Waals surface area contributed by atoms with E-state index >= 15 is 0 Å². The number of alkyl halides is 9. The van der Waals surface area contributed by atoms with Gasteiger partial charge in [-0.3, -0.25) is 0 Å². The minimum Gasteiger partial charge on any atom is -0.464 e. The van der Waals surface area contributed by atoms with Gasteiger partial charge in [-0.25, -0.2) is 0 Å². The predicted octanol–water partition coefficient (Wildman–Crippen LogP) is 4.97. The van der Waals surface area contributed by atoms with Crippen molar-refractivity contribution >= 4 is 6.08 Å². The monoisotopic (exact) mass is 336 g/mol. The molecule has 1 aromatic carbocycles. The van der Waals surface area contributed by atoms with E-state index in [0.29, 0.717) is 24.3 Å². The Bertz CT molecular complexity index is 592. The van der Waals surface area contributed by atoms with Crippen LogP contribution >= 0.6 is 0 Å². The van der Waals surface area contributed by atoms with Crippen LogP contribution in [0.4, 0.5) is 39.5 Å². The summed E-state index contributed by atoms with van der Waals surface area (Å²) in [5.41, 5.74) is -6.34. The lowest BCUT2D eigenvalue weighted by Crippen LogP contribution is -2.60. The molecule has 0 atom stereocenters. The molecule has 0 spiro atoms. The van der Waals surface area contributed by atoms with Crippen molar-refractivity contribution in [1.29, 1.82) is 0 Å². The quantitative estimate of drug-likeness (QED) is 0.608. The van der Waals surface area contributed by atoms with Gasteiger partial charge in [0.1, 0.15) is 5.75 Å². The first-order valence-corrected chi connectivity index (χ1v) is 5.51. The van der Waals surface area contributed by atoms with Crippen molar-refractivity contribution in [3.8, 4) is 5.75 Å². The molecule has 1 nitrogen and oxygen atoms in total. The molecule has 2 rings (SSSR count). The van der Waals surface area contributed by atoms with E-state index in [2.05, 4.69) is 4.74 Å². The van der Waals surface area contributed by atoms with Crippen molar-refractivity contribution in [2.75, 3.05) is 0 Å². The highest BCUT2D eigenvalue weighted by Gasteiger charge is 2.73. The molecule has 122 valence electrons. The average molecular weight is 336 g/mol. The number of hydrogen-bond donors (Lipinski definition) is 0. The van der Waals surface area contributed by atoms with Gasteiger partial charge < -0.3 is 4.74 Å². The van der Waals surface area contributed by atoms with Crippen molar-refractivity contribution in [3.05, 3.63) is 35.4 Å². The van der Waals surface area contributed by atoms with Crippen LogP contribution in [0.25, 0.3) is 6.08 Å². The highest BCUT2D eigenvalue weighted by molar-refractivity contribution is 5.63. The molecular formula is C12H5F9O. The molecule has 0 aliphatic carbocycles. The average Bonchev–Trinajstić information content (AvgIpc) is 2.33. The molecule has 0 saturated heterocycles. The molecule has 10 heteroatoms. The molecule has 1 heterocycles. The maximum Gasteiger partial charge on any atom is 0.441 e. The SMILES string of the molecule is FC(F)(F)c1ccc2c(c1)C=CC(C(F)(F)F)(C(F)(F)F)O2. The maximum atomic E-state index is 12.8. The lowest BCUT2D eigenvalue weighted by molar-refractivity contribution is -0.337. The number of hydrogen-bond acceptors (Lipinski definition) is 1. The van der Waals surface area contributed by atoms with Gasteiger partial charge in [-0.2, -0.15) is 39.5 Å². The molecule has 0 amide bonds. The van der Waals surface area contributed by atoms with Gasteiger partial charge >= 0.3 is 24.1 Å². The van der Waals surface area contributed by atoms with E-state index in [1.165, 1.54) is 0 Å². The summed E-state index contributed by atoms with van der Waals surface area (Å²) in [7, 11) is 0. The lowest BCUT2D eigenvalue weighted by Gasteiger charge is -2.37. The van der Waals surface area contributed by atoms with Crippen molar-refractivity contribution in [1.82, 2.24) is 0 Å². The topological polar surface area (TPSA) is 9.23 Å². The maximum absolute atomic E-state index is 12.8. The molecule has 1 aliphatic heterocycles. The second kappa shape index (κ2) is 4.56. The van der Waals surface area contributed by atoms with Crippen molar-refractivity contribution in [2.45, 2.75) is 24.1 Å². The molecule has 0 radical (unpaired) electrons. The van der Waals surface area contributed by atoms with Crippen molar-refractivity contribution in [3.63, 3.8) is 0 Å². The zero-order valence-corrected chi connectivity index (χ0v) is 10.2. The van der Waals surface area contributed by atoms with Crippen LogP contribution in [0.3, 0.4) is 0 Å². The molecule has 0 fully saturated rings. The van der Waals surface area contributed by atoms with E-state index in [4.69, 9.17) is 0 Å². The van der Waals surface area contributed by atoms with Gasteiger partial charge in [-0.1, -0.05) is 6.08 Å². The second-order valence-electron chi connectivity index (χ2n) is 4.42. The Morgan fingerprint density at radius 3 is 1.82 bits per heavy atom. The normalized spacial score (nSPS) is 17.9. The van der Waals surface area contributed by atoms with Gasteiger partial charge in [0.15, 0.2) is 0 Å². The van der Waals surface area contributed by atoms with Crippen LogP contribution in [-0.4, -0.2) is 18.0 Å². The highest BCUT2D eigenvalue weighted by Crippen LogP contribution is 2.50. The lowest BCUT2D eigenvalue weighted by atomic mass is 9.96. The Kier molecular flexibility index (Phi) is 3.42. The minimum atomic E-state index is -5.83. The van der Waals surface area contributed by atoms with Crippen molar-refractivity contribution in [2.24, 2.45) is 0 Å². The molecule has 1 aliphatic rings. The number of ether oxygens (including phenoxy) is 1. The third-order valence-electron chi connectivity index (χ3n) is 2.95. The van der Waals surface area contributed by atoms with Crippen LogP contribution < -0.4 is 4.74 Å². The van der Waals surface area contributed by atoms with E-state index in [0.717, 1.165) is 0 Å². The van der Waals surface area contributed by atoms with Gasteiger partial charge in [0.25, 0.3) is 0 Å². The smallest absolute Gasteiger partial charge is 0.441 e. The number of fused-ring (bicyclic) bond motifs is 1. The molecule has 0 N–H and O–H groups in total. The fourth-order valence-corrected chi connectivity index (χ4v) is 1.83. The van der Waals surface area contributed by atoms with Gasteiger partial charge in [-0.05, 0) is 24.3 Å². The van der Waals surface area contributed by atoms with E-state index in [1.807, 2.05) is 0 Å². The fraction of sp³-hybridized carbons (Fsp3) is 0.333. The first kappa shape index (κ1) is 16.5. The molecule has 0 unspecified atom stereocenters. The molecule has 0 bridgehead atoms. The largest absolute Gasteiger partial charge is 0.464 e. The third kappa shape index (κ3) is 2.50. The summed E-state index contributed by atoms with van der Waals surface area (Å²) in [5, 5.41) is 0. The first-order chi connectivity index (χ1) is 9.78. The Hall–Kier alpha value is -1.87. The van der Waals surface area contributed by atoms with Gasteiger partial charge in [-0.15, -0.1) is 0 Å². The molecule has 1 aromatic rings. The molecular weight excluding hydrogens is 331 g/mol. The van der Waals surface area contributed by atoms with E-state index in [1.54, 1.807) is 0 Å². The van der Waals surface area contributed by atoms with Crippen LogP contribution in [0.5, 0.6) is 5.75 Å². The molecule has 0 aromatic heterocycles. The van der Waals surface area contributed by atoms with Gasteiger partial charge in [0, 0.05) is 5.56 Å². The summed E-state index contributed by atoms with van der Waals surface area (Å²) in [4.78, 5) is 0. The Morgan fingerprint density at radius 2 is 1.36 bits per heavy atom. The predicted molar refractivity (Wildman–Crippen MR) is 55.9 cm³/mol. The zero-order valence-electron chi connectivity index (χ0n) is 10.2. The zero-order chi connectivity index (χ0) is 17.0. The van der Waals surface area contributed by atoms with E-state index in [9.17, 15) is 39.5 Å². The highest BCUT2D eigenvalue weighted by atomic mass is 19.4. The molecule has 22 heavy (non-hydrogen) atoms. The fourth-order valence-electron chi connectivity index (χ4n) is 1.83. The van der Waals surface area contributed by atoms with Crippen LogP contribution in [0.1, 0.15) is 11.1 Å². The molecule has 0 saturated carbocycles. The Balaban J connectivity index is 2.54. The Morgan fingerprint density at radius 1 is 0.818 bits per heavy atom. The first-order valence-electron chi connectivity index (χ1n) is 5.51. The van der Waals surface area contributed by atoms with E-state index in [-0.39, 0.29) is 6.08 Å². The summed E-state index contributed by atoms with van der Waals surface area (Å²) in [6.45, 7) is 0. The van der Waals surface area contributed by atoms with Crippen LogP contribution in [0, 0.1) is 0 Å². The standard InChI is InChI=1S/C12H5F9O/c13-10(14,15)7-1-2-8-6(5-7)3-4-9(22-8,11(16,17)18)12(19,20)21/h1-5H. The van der Waals surface area contributed by atoms with Crippen LogP contribution in [0.15, 0.2) is 24.3 Å². The Labute approximate surface area is 117 Å². The summed E-state index contributed by atoms with van der Waals surface area (Å²) < 4.78 is 118. The van der Waals surface area contributed by atoms with Crippen LogP contribution in [0.2, 0.25) is 0 Å².